The molecule has 0 aliphatic carbocycles. The third-order valence-corrected chi connectivity index (χ3v) is 4.87. The Hall–Kier alpha value is -3.46. The van der Waals surface area contributed by atoms with Crippen LogP contribution >= 0.6 is 0 Å². The van der Waals surface area contributed by atoms with Crippen LogP contribution in [0.15, 0.2) is 85.1 Å². The van der Waals surface area contributed by atoms with E-state index in [1.807, 2.05) is 91.3 Å². The first-order valence-electron chi connectivity index (χ1n) is 9.36. The molecule has 4 aromatic rings. The van der Waals surface area contributed by atoms with Crippen molar-refractivity contribution in [1.29, 1.82) is 0 Å². The molecule has 0 spiro atoms. The van der Waals surface area contributed by atoms with Gasteiger partial charge in [0.2, 0.25) is 0 Å². The maximum atomic E-state index is 13.3. The first kappa shape index (κ1) is 17.9. The second kappa shape index (κ2) is 7.65. The van der Waals surface area contributed by atoms with E-state index in [1.165, 1.54) is 0 Å². The maximum absolute atomic E-state index is 13.3. The highest BCUT2D eigenvalue weighted by molar-refractivity contribution is 6.01. The van der Waals surface area contributed by atoms with Crippen molar-refractivity contribution in [1.82, 2.24) is 0 Å². The van der Waals surface area contributed by atoms with Crippen LogP contribution in [0.1, 0.15) is 27.2 Å². The van der Waals surface area contributed by atoms with Gasteiger partial charge in [-0.05, 0) is 42.5 Å². The molecule has 4 rings (SSSR count). The number of rotatable bonds is 4. The standard InChI is InChI=1S/C25H22NO2/c1-18-12-13-19(2)23(16-18)28-25(27)24-22-11-7-6-10-21(22)14-15-26(24)17-20-8-4-3-5-9-20/h3-16H,17H2,1-2H3/q+1. The summed E-state index contributed by atoms with van der Waals surface area (Å²) in [4.78, 5) is 13.3. The quantitative estimate of drug-likeness (QED) is 0.288. The minimum Gasteiger partial charge on any atom is -0.418 e. The molecule has 0 N–H and O–H groups in total. The largest absolute Gasteiger partial charge is 0.418 e. The van der Waals surface area contributed by atoms with E-state index in [9.17, 15) is 4.79 Å². The van der Waals surface area contributed by atoms with Crippen molar-refractivity contribution < 1.29 is 14.1 Å². The Balaban J connectivity index is 1.80. The number of hydrogen-bond acceptors (Lipinski definition) is 2. The van der Waals surface area contributed by atoms with Crippen LogP contribution in [0.5, 0.6) is 5.75 Å². The van der Waals surface area contributed by atoms with Crippen LogP contribution in [0.25, 0.3) is 10.8 Å². The Morgan fingerprint density at radius 2 is 1.64 bits per heavy atom. The normalized spacial score (nSPS) is 10.8. The molecule has 3 nitrogen and oxygen atoms in total. The first-order chi connectivity index (χ1) is 13.6. The van der Waals surface area contributed by atoms with Crippen LogP contribution in [-0.4, -0.2) is 5.97 Å². The highest BCUT2D eigenvalue weighted by atomic mass is 16.5. The molecule has 0 aliphatic rings. The lowest BCUT2D eigenvalue weighted by Gasteiger charge is -2.10. The zero-order valence-electron chi connectivity index (χ0n) is 16.1. The topological polar surface area (TPSA) is 30.2 Å². The van der Waals surface area contributed by atoms with Gasteiger partial charge in [0.25, 0.3) is 5.69 Å². The molecule has 0 bridgehead atoms. The van der Waals surface area contributed by atoms with Gasteiger partial charge in [0, 0.05) is 11.6 Å². The predicted molar refractivity (Wildman–Crippen MR) is 111 cm³/mol. The molecular weight excluding hydrogens is 346 g/mol. The molecule has 0 unspecified atom stereocenters. The van der Waals surface area contributed by atoms with E-state index >= 15 is 0 Å². The fourth-order valence-electron chi connectivity index (χ4n) is 3.36. The number of aromatic nitrogens is 1. The summed E-state index contributed by atoms with van der Waals surface area (Å²) in [6.45, 7) is 4.54. The Kier molecular flexibility index (Phi) is 4.90. The summed E-state index contributed by atoms with van der Waals surface area (Å²) >= 11 is 0. The summed E-state index contributed by atoms with van der Waals surface area (Å²) in [6.07, 6.45) is 1.95. The monoisotopic (exact) mass is 368 g/mol. The number of pyridine rings is 1. The van der Waals surface area contributed by atoms with Crippen molar-refractivity contribution in [2.24, 2.45) is 0 Å². The molecule has 1 heterocycles. The Morgan fingerprint density at radius 1 is 0.893 bits per heavy atom. The molecule has 0 saturated carbocycles. The van der Waals surface area contributed by atoms with Gasteiger partial charge in [-0.15, -0.1) is 0 Å². The smallest absolute Gasteiger partial charge is 0.409 e. The minimum atomic E-state index is -0.346. The summed E-state index contributed by atoms with van der Waals surface area (Å²) in [5.41, 5.74) is 3.68. The van der Waals surface area contributed by atoms with Crippen LogP contribution < -0.4 is 9.30 Å². The molecule has 3 heteroatoms. The lowest BCUT2D eigenvalue weighted by Crippen LogP contribution is -2.42. The molecule has 138 valence electrons. The van der Waals surface area contributed by atoms with Gasteiger partial charge in [0.05, 0.1) is 5.39 Å². The molecular formula is C25H22NO2+. The van der Waals surface area contributed by atoms with Crippen LogP contribution in [0.2, 0.25) is 0 Å². The second-order valence-corrected chi connectivity index (χ2v) is 7.02. The maximum Gasteiger partial charge on any atom is 0.409 e. The number of carbonyl (C=O) groups excluding carboxylic acids is 1. The average molecular weight is 368 g/mol. The van der Waals surface area contributed by atoms with Crippen molar-refractivity contribution in [3.05, 3.63) is 107 Å². The van der Waals surface area contributed by atoms with Gasteiger partial charge in [-0.2, -0.15) is 4.57 Å². The molecule has 28 heavy (non-hydrogen) atoms. The number of nitrogens with zero attached hydrogens (tertiary/aromatic N) is 1. The Morgan fingerprint density at radius 3 is 2.46 bits per heavy atom. The summed E-state index contributed by atoms with van der Waals surface area (Å²) in [5, 5.41) is 1.90. The van der Waals surface area contributed by atoms with E-state index in [-0.39, 0.29) is 5.97 Å². The molecule has 0 aliphatic heterocycles. The van der Waals surface area contributed by atoms with Crippen molar-refractivity contribution in [3.8, 4) is 5.75 Å². The molecule has 3 aromatic carbocycles. The molecule has 0 fully saturated rings. The molecule has 0 atom stereocenters. The van der Waals surface area contributed by atoms with Crippen molar-refractivity contribution in [2.75, 3.05) is 0 Å². The van der Waals surface area contributed by atoms with Gasteiger partial charge in [0.15, 0.2) is 12.7 Å². The Bertz CT molecular complexity index is 1150. The van der Waals surface area contributed by atoms with E-state index in [1.54, 1.807) is 0 Å². The van der Waals surface area contributed by atoms with E-state index in [2.05, 4.69) is 12.1 Å². The van der Waals surface area contributed by atoms with Crippen molar-refractivity contribution in [3.63, 3.8) is 0 Å². The van der Waals surface area contributed by atoms with E-state index in [0.29, 0.717) is 18.0 Å². The SMILES string of the molecule is Cc1ccc(C)c(OC(=O)c2c3ccccc3cc[n+]2Cc2ccccc2)c1. The number of aryl methyl sites for hydroxylation is 2. The lowest BCUT2D eigenvalue weighted by atomic mass is 10.1. The fraction of sp³-hybridized carbons (Fsp3) is 0.120. The number of fused-ring (bicyclic) bond motifs is 1. The van der Waals surface area contributed by atoms with Gasteiger partial charge in [-0.3, -0.25) is 0 Å². The third kappa shape index (κ3) is 3.65. The number of benzene rings is 3. The third-order valence-electron chi connectivity index (χ3n) is 4.87. The summed E-state index contributed by atoms with van der Waals surface area (Å²) in [5.74, 6) is 0.255. The molecule has 0 saturated heterocycles. The van der Waals surface area contributed by atoms with Crippen molar-refractivity contribution >= 4 is 16.7 Å². The van der Waals surface area contributed by atoms with Crippen LogP contribution in [0.4, 0.5) is 0 Å². The van der Waals surface area contributed by atoms with Crippen LogP contribution in [-0.2, 0) is 6.54 Å². The van der Waals surface area contributed by atoms with Gasteiger partial charge in [-0.1, -0.05) is 60.7 Å². The van der Waals surface area contributed by atoms with Gasteiger partial charge >= 0.3 is 5.97 Å². The zero-order chi connectivity index (χ0) is 19.5. The van der Waals surface area contributed by atoms with E-state index < -0.39 is 0 Å². The summed E-state index contributed by atoms with van der Waals surface area (Å²) in [6, 6.07) is 25.9. The van der Waals surface area contributed by atoms with Crippen LogP contribution in [0, 0.1) is 13.8 Å². The average Bonchev–Trinajstić information content (AvgIpc) is 2.71. The highest BCUT2D eigenvalue weighted by Gasteiger charge is 2.26. The number of carbonyl (C=O) groups is 1. The molecule has 1 aromatic heterocycles. The zero-order valence-corrected chi connectivity index (χ0v) is 16.1. The predicted octanol–water partition coefficient (Wildman–Crippen LogP) is 5.01. The van der Waals surface area contributed by atoms with E-state index in [4.69, 9.17) is 4.74 Å². The van der Waals surface area contributed by atoms with E-state index in [0.717, 1.165) is 27.5 Å². The number of ether oxygens (including phenoxy) is 1. The van der Waals surface area contributed by atoms with Crippen LogP contribution in [0.3, 0.4) is 0 Å². The molecule has 0 radical (unpaired) electrons. The summed E-state index contributed by atoms with van der Waals surface area (Å²) in [7, 11) is 0. The van der Waals surface area contributed by atoms with Gasteiger partial charge in [0.1, 0.15) is 5.75 Å². The Labute approximate surface area is 164 Å². The highest BCUT2D eigenvalue weighted by Crippen LogP contribution is 2.22. The minimum absolute atomic E-state index is 0.346. The van der Waals surface area contributed by atoms with Gasteiger partial charge in [-0.25, -0.2) is 4.79 Å². The lowest BCUT2D eigenvalue weighted by molar-refractivity contribution is -0.689. The molecule has 0 amide bonds. The van der Waals surface area contributed by atoms with Crippen molar-refractivity contribution in [2.45, 2.75) is 20.4 Å². The fourth-order valence-corrected chi connectivity index (χ4v) is 3.36. The summed E-state index contributed by atoms with van der Waals surface area (Å²) < 4.78 is 7.80. The second-order valence-electron chi connectivity index (χ2n) is 7.02. The number of esters is 1. The number of hydrogen-bond donors (Lipinski definition) is 0. The van der Waals surface area contributed by atoms with Gasteiger partial charge < -0.3 is 4.74 Å². The first-order valence-corrected chi connectivity index (χ1v) is 9.36.